The van der Waals surface area contributed by atoms with Gasteiger partial charge in [0.05, 0.1) is 27.6 Å². The Balaban J connectivity index is 0.00000400. The third-order valence-electron chi connectivity index (χ3n) is 5.36. The molecule has 0 aliphatic carbocycles. The Labute approximate surface area is 240 Å². The molecule has 0 amide bonds. The van der Waals surface area contributed by atoms with Crippen molar-refractivity contribution < 1.29 is 60.6 Å². The van der Waals surface area contributed by atoms with Gasteiger partial charge in [0.1, 0.15) is 10.6 Å². The first-order valence-electron chi connectivity index (χ1n) is 10.6. The van der Waals surface area contributed by atoms with E-state index in [0.717, 1.165) is 17.2 Å². The average Bonchev–Trinajstić information content (AvgIpc) is 2.81. The van der Waals surface area contributed by atoms with Gasteiger partial charge in [0.2, 0.25) is 0 Å². The van der Waals surface area contributed by atoms with Crippen molar-refractivity contribution in [1.82, 2.24) is 0 Å². The number of benzene rings is 4. The van der Waals surface area contributed by atoms with Gasteiger partial charge in [0.15, 0.2) is 0 Å². The summed E-state index contributed by atoms with van der Waals surface area (Å²) in [6.07, 6.45) is 0. The molecule has 190 valence electrons. The number of nitrogens with zero attached hydrogens (tertiary/aromatic N) is 4. The molecule has 0 saturated heterocycles. The first kappa shape index (κ1) is 29.5. The van der Waals surface area contributed by atoms with E-state index in [1.54, 1.807) is 37.3 Å². The second-order valence-corrected chi connectivity index (χ2v) is 10.9. The zero-order chi connectivity index (χ0) is 27.0. The van der Waals surface area contributed by atoms with Crippen molar-refractivity contribution >= 4 is 53.8 Å². The smallest absolute Gasteiger partial charge is 0.508 e. The molecule has 0 unspecified atom stereocenters. The molecular formula is C24H20N4NaO7S2+. The van der Waals surface area contributed by atoms with Crippen LogP contribution in [0.2, 0.25) is 0 Å². The fraction of sp³-hybridized carbons (Fsp3) is 0.0833. The van der Waals surface area contributed by atoms with Gasteiger partial charge in [-0.05, 0) is 91.0 Å². The Morgan fingerprint density at radius 3 is 1.74 bits per heavy atom. The number of aromatic hydroxyl groups is 1. The zero-order valence-corrected chi connectivity index (χ0v) is 24.1. The Kier molecular flexibility index (Phi) is 8.83. The predicted molar refractivity (Wildman–Crippen MR) is 136 cm³/mol. The minimum absolute atomic E-state index is 0. The summed E-state index contributed by atoms with van der Waals surface area (Å²) in [6.45, 7) is 3.61. The predicted octanol–water partition coefficient (Wildman–Crippen LogP) is 3.49. The molecule has 0 atom stereocenters. The first-order valence-corrected chi connectivity index (χ1v) is 13.5. The third kappa shape index (κ3) is 6.88. The van der Waals surface area contributed by atoms with Crippen LogP contribution >= 0.6 is 0 Å². The normalized spacial score (nSPS) is 12.3. The summed E-state index contributed by atoms with van der Waals surface area (Å²) in [5.74, 6) is 0.144. The Hall–Kier alpha value is -3.04. The summed E-state index contributed by atoms with van der Waals surface area (Å²) in [5.41, 5.74) is 3.44. The van der Waals surface area contributed by atoms with Gasteiger partial charge in [-0.3, -0.25) is 9.11 Å². The second kappa shape index (κ2) is 11.4. The van der Waals surface area contributed by atoms with E-state index in [1.807, 2.05) is 6.92 Å². The summed E-state index contributed by atoms with van der Waals surface area (Å²) in [7, 11) is -9.53. The molecule has 0 radical (unpaired) electrons. The van der Waals surface area contributed by atoms with Crippen LogP contribution in [0.3, 0.4) is 0 Å². The molecule has 0 aromatic heterocycles. The van der Waals surface area contributed by atoms with Crippen LogP contribution in [0.25, 0.3) is 10.8 Å². The molecule has 0 heterocycles. The number of hydrogen-bond donors (Lipinski definition) is 3. The molecule has 4 aromatic carbocycles. The van der Waals surface area contributed by atoms with Crippen LogP contribution in [0.1, 0.15) is 11.1 Å². The van der Waals surface area contributed by atoms with Crippen molar-refractivity contribution in [2.24, 2.45) is 20.5 Å². The van der Waals surface area contributed by atoms with Gasteiger partial charge >= 0.3 is 29.6 Å². The maximum Gasteiger partial charge on any atom is 1.00 e. The molecule has 14 heteroatoms. The Bertz CT molecular complexity index is 1820. The number of hydrogen-bond acceptors (Lipinski definition) is 9. The molecule has 0 bridgehead atoms. The van der Waals surface area contributed by atoms with Crippen LogP contribution < -0.4 is 29.6 Å². The van der Waals surface area contributed by atoms with E-state index in [0.29, 0.717) is 23.1 Å². The van der Waals surface area contributed by atoms with Gasteiger partial charge in [0.25, 0.3) is 20.2 Å². The van der Waals surface area contributed by atoms with Crippen LogP contribution in [0, 0.1) is 13.8 Å². The molecule has 0 aliphatic rings. The van der Waals surface area contributed by atoms with E-state index in [2.05, 4.69) is 20.5 Å². The van der Waals surface area contributed by atoms with Crippen LogP contribution in [-0.4, -0.2) is 31.0 Å². The molecule has 0 aliphatic heterocycles. The van der Waals surface area contributed by atoms with Crippen LogP contribution in [0.15, 0.2) is 97.0 Å². The summed E-state index contributed by atoms with van der Waals surface area (Å²) < 4.78 is 65.6. The van der Waals surface area contributed by atoms with Crippen LogP contribution in [-0.2, 0) is 20.2 Å². The van der Waals surface area contributed by atoms with Gasteiger partial charge in [-0.1, -0.05) is 6.07 Å². The third-order valence-corrected chi connectivity index (χ3v) is 7.08. The monoisotopic (exact) mass is 563 g/mol. The zero-order valence-electron chi connectivity index (χ0n) is 20.4. The minimum Gasteiger partial charge on any atom is -0.508 e. The Morgan fingerprint density at radius 2 is 1.18 bits per heavy atom. The summed E-state index contributed by atoms with van der Waals surface area (Å²) in [6, 6.07) is 15.8. The van der Waals surface area contributed by atoms with Gasteiger partial charge in [0, 0.05) is 5.39 Å². The van der Waals surface area contributed by atoms with E-state index in [-0.39, 0.29) is 51.8 Å². The van der Waals surface area contributed by atoms with E-state index in [9.17, 15) is 31.0 Å². The van der Waals surface area contributed by atoms with Gasteiger partial charge in [-0.25, -0.2) is 0 Å². The average molecular weight is 564 g/mol. The van der Waals surface area contributed by atoms with Crippen LogP contribution in [0.5, 0.6) is 5.75 Å². The quantitative estimate of drug-likeness (QED) is 0.182. The largest absolute Gasteiger partial charge is 1.00 e. The number of aryl methyl sites for hydroxylation is 2. The molecule has 38 heavy (non-hydrogen) atoms. The van der Waals surface area contributed by atoms with Crippen molar-refractivity contribution in [2.45, 2.75) is 23.6 Å². The molecule has 4 rings (SSSR count). The van der Waals surface area contributed by atoms with Gasteiger partial charge in [-0.15, -0.1) is 0 Å². The minimum atomic E-state index is -4.82. The number of rotatable bonds is 6. The van der Waals surface area contributed by atoms with Crippen molar-refractivity contribution in [3.05, 3.63) is 77.9 Å². The van der Waals surface area contributed by atoms with Crippen molar-refractivity contribution in [3.8, 4) is 5.75 Å². The molecule has 0 saturated carbocycles. The van der Waals surface area contributed by atoms with E-state index < -0.39 is 30.0 Å². The van der Waals surface area contributed by atoms with Gasteiger partial charge < -0.3 is 5.11 Å². The van der Waals surface area contributed by atoms with Crippen molar-refractivity contribution in [2.75, 3.05) is 0 Å². The van der Waals surface area contributed by atoms with E-state index in [4.69, 9.17) is 0 Å². The first-order chi connectivity index (χ1) is 17.3. The SMILES string of the molecule is Cc1cc(O)ccc1N=Nc1ccc(N=Nc2ccc3cc(S(=O)(=O)O)cc(S(=O)(=O)O)c3c2)c(C)c1.[Na+]. The topological polar surface area (TPSA) is 178 Å². The van der Waals surface area contributed by atoms with E-state index >= 15 is 0 Å². The molecular weight excluding hydrogens is 543 g/mol. The standard InChI is InChI=1S/C24H20N4O7S2.Na/c1-14-9-17(25-28-23-8-6-19(29)10-15(23)2)5-7-22(14)27-26-18-4-3-16-11-20(36(30,31)32)13-24(21(16)12-18)37(33,34)35;/h3-13,29H,1-2H3,(H,30,31,32)(H,33,34,35);/q;+1. The van der Waals surface area contributed by atoms with Crippen molar-refractivity contribution in [3.63, 3.8) is 0 Å². The molecule has 11 nitrogen and oxygen atoms in total. The maximum atomic E-state index is 11.9. The Morgan fingerprint density at radius 1 is 0.632 bits per heavy atom. The number of phenolic OH excluding ortho intramolecular Hbond substituents is 1. The second-order valence-electron chi connectivity index (χ2n) is 8.12. The molecule has 0 fully saturated rings. The summed E-state index contributed by atoms with van der Waals surface area (Å²) in [5, 5.41) is 26.4. The number of azo groups is 2. The molecule has 4 aromatic rings. The summed E-state index contributed by atoms with van der Waals surface area (Å²) in [4.78, 5) is -1.36. The van der Waals surface area contributed by atoms with Crippen LogP contribution in [0.4, 0.5) is 22.7 Å². The number of phenols is 1. The fourth-order valence-electron chi connectivity index (χ4n) is 3.50. The molecule has 3 N–H and O–H groups in total. The van der Waals surface area contributed by atoms with Gasteiger partial charge in [-0.2, -0.15) is 37.3 Å². The van der Waals surface area contributed by atoms with Crippen molar-refractivity contribution in [1.29, 1.82) is 0 Å². The van der Waals surface area contributed by atoms with E-state index in [1.165, 1.54) is 24.3 Å². The fourth-order valence-corrected chi connectivity index (χ4v) is 4.85. The number of fused-ring (bicyclic) bond motifs is 1. The summed E-state index contributed by atoms with van der Waals surface area (Å²) >= 11 is 0. The molecule has 0 spiro atoms. The maximum absolute atomic E-state index is 11.9.